The van der Waals surface area contributed by atoms with E-state index in [1.807, 2.05) is 24.3 Å². The van der Waals surface area contributed by atoms with E-state index in [9.17, 15) is 4.79 Å². The molecule has 1 amide bonds. The van der Waals surface area contributed by atoms with Crippen molar-refractivity contribution in [1.29, 1.82) is 0 Å². The molecule has 24 heavy (non-hydrogen) atoms. The first-order chi connectivity index (χ1) is 11.6. The molecule has 0 saturated carbocycles. The summed E-state index contributed by atoms with van der Waals surface area (Å²) in [5.41, 5.74) is 0.757. The third-order valence-corrected chi connectivity index (χ3v) is 5.76. The van der Waals surface area contributed by atoms with Crippen molar-refractivity contribution in [2.45, 2.75) is 18.4 Å². The summed E-state index contributed by atoms with van der Waals surface area (Å²) in [6.45, 7) is 6.34. The average Bonchev–Trinajstić information content (AvgIpc) is 2.62. The highest BCUT2D eigenvalue weighted by Gasteiger charge is 2.40. The van der Waals surface area contributed by atoms with Crippen LogP contribution < -0.4 is 5.32 Å². The number of carbonyl (C=O) groups is 1. The Morgan fingerprint density at radius 3 is 2.62 bits per heavy atom. The van der Waals surface area contributed by atoms with Gasteiger partial charge in [0.25, 0.3) is 5.91 Å². The van der Waals surface area contributed by atoms with Gasteiger partial charge < -0.3 is 15.0 Å². The second kappa shape index (κ2) is 7.95. The Labute approximate surface area is 152 Å². The Hall–Kier alpha value is -0.950. The highest BCUT2D eigenvalue weighted by molar-refractivity contribution is 9.10. The maximum absolute atomic E-state index is 12.5. The molecule has 0 spiro atoms. The van der Waals surface area contributed by atoms with Crippen LogP contribution in [0, 0.1) is 0 Å². The van der Waals surface area contributed by atoms with E-state index in [1.165, 1.54) is 0 Å². The predicted molar refractivity (Wildman–Crippen MR) is 98.3 cm³/mol. The van der Waals surface area contributed by atoms with Crippen LogP contribution in [0.3, 0.4) is 0 Å². The fourth-order valence-electron chi connectivity index (χ4n) is 3.65. The van der Waals surface area contributed by atoms with Gasteiger partial charge in [0.2, 0.25) is 0 Å². The quantitative estimate of drug-likeness (QED) is 0.846. The molecule has 2 aliphatic rings. The Balaban J connectivity index is 1.68. The van der Waals surface area contributed by atoms with E-state index in [0.717, 1.165) is 56.7 Å². The largest absolute Gasteiger partial charge is 0.379 e. The van der Waals surface area contributed by atoms with Gasteiger partial charge in [0.05, 0.1) is 13.2 Å². The minimum Gasteiger partial charge on any atom is -0.379 e. The number of nitrogens with one attached hydrogen (secondary N) is 1. The van der Waals surface area contributed by atoms with Crippen LogP contribution in [0.2, 0.25) is 0 Å². The number of benzene rings is 1. The number of ether oxygens (including phenoxy) is 1. The van der Waals surface area contributed by atoms with E-state index >= 15 is 0 Å². The van der Waals surface area contributed by atoms with Crippen LogP contribution in [0.1, 0.15) is 23.2 Å². The van der Waals surface area contributed by atoms with Crippen LogP contribution in [0.5, 0.6) is 0 Å². The van der Waals surface area contributed by atoms with Crippen molar-refractivity contribution in [3.8, 4) is 0 Å². The number of hydrogen-bond donors (Lipinski definition) is 1. The summed E-state index contributed by atoms with van der Waals surface area (Å²) in [5.74, 6) is 0.00265. The molecular formula is C18H26BrN3O2. The first-order valence-corrected chi connectivity index (χ1v) is 9.43. The first-order valence-electron chi connectivity index (χ1n) is 8.64. The Bertz CT molecular complexity index is 567. The molecule has 132 valence electrons. The van der Waals surface area contributed by atoms with Crippen LogP contribution in [0.25, 0.3) is 0 Å². The molecular weight excluding hydrogens is 370 g/mol. The maximum Gasteiger partial charge on any atom is 0.251 e. The average molecular weight is 396 g/mol. The molecule has 1 aromatic carbocycles. The number of carbonyl (C=O) groups excluding carboxylic acids is 1. The Morgan fingerprint density at radius 1 is 1.25 bits per heavy atom. The minimum absolute atomic E-state index is 0.00265. The topological polar surface area (TPSA) is 44.8 Å². The molecule has 2 heterocycles. The van der Waals surface area contributed by atoms with Crippen LogP contribution in [0.15, 0.2) is 28.7 Å². The molecule has 0 atom stereocenters. The smallest absolute Gasteiger partial charge is 0.251 e. The van der Waals surface area contributed by atoms with Crippen LogP contribution in [-0.4, -0.2) is 74.2 Å². The molecule has 2 aliphatic heterocycles. The molecule has 2 fully saturated rings. The summed E-state index contributed by atoms with van der Waals surface area (Å²) in [6.07, 6.45) is 2.17. The molecule has 5 nitrogen and oxygen atoms in total. The third-order valence-electron chi connectivity index (χ3n) is 5.26. The molecule has 6 heteroatoms. The maximum atomic E-state index is 12.5. The van der Waals surface area contributed by atoms with Crippen molar-refractivity contribution in [1.82, 2.24) is 15.1 Å². The van der Waals surface area contributed by atoms with Gasteiger partial charge in [-0.15, -0.1) is 0 Å². The van der Waals surface area contributed by atoms with Gasteiger partial charge in [-0.3, -0.25) is 9.69 Å². The van der Waals surface area contributed by atoms with Crippen molar-refractivity contribution in [2.24, 2.45) is 0 Å². The zero-order valence-corrected chi connectivity index (χ0v) is 15.8. The summed E-state index contributed by atoms with van der Waals surface area (Å²) >= 11 is 3.43. The van der Waals surface area contributed by atoms with Crippen molar-refractivity contribution in [3.05, 3.63) is 34.3 Å². The van der Waals surface area contributed by atoms with Crippen LogP contribution in [0.4, 0.5) is 0 Å². The molecule has 0 bridgehead atoms. The third kappa shape index (κ3) is 4.17. The molecule has 0 aromatic heterocycles. The Morgan fingerprint density at radius 2 is 1.96 bits per heavy atom. The molecule has 0 radical (unpaired) electrons. The first kappa shape index (κ1) is 17.9. The highest BCUT2D eigenvalue weighted by Crippen LogP contribution is 2.29. The van der Waals surface area contributed by atoms with E-state index in [4.69, 9.17) is 4.74 Å². The number of morpholine rings is 1. The SMILES string of the molecule is CN1CCC(CNC(=O)c2cccc(Br)c2)(N2CCOCC2)CC1. The molecule has 0 unspecified atom stereocenters. The number of halogens is 1. The van der Waals surface area contributed by atoms with E-state index in [2.05, 4.69) is 38.1 Å². The number of piperidine rings is 1. The lowest BCUT2D eigenvalue weighted by Gasteiger charge is -2.49. The summed E-state index contributed by atoms with van der Waals surface area (Å²) in [6, 6.07) is 7.55. The van der Waals surface area contributed by atoms with E-state index in [0.29, 0.717) is 12.1 Å². The van der Waals surface area contributed by atoms with Crippen LogP contribution >= 0.6 is 15.9 Å². The number of rotatable bonds is 4. The minimum atomic E-state index is 0.00265. The number of amides is 1. The van der Waals surface area contributed by atoms with Gasteiger partial charge in [-0.2, -0.15) is 0 Å². The monoisotopic (exact) mass is 395 g/mol. The van der Waals surface area contributed by atoms with E-state index in [-0.39, 0.29) is 11.4 Å². The fourth-order valence-corrected chi connectivity index (χ4v) is 4.05. The number of hydrogen-bond acceptors (Lipinski definition) is 4. The summed E-state index contributed by atoms with van der Waals surface area (Å²) in [7, 11) is 2.17. The summed E-state index contributed by atoms with van der Waals surface area (Å²) in [4.78, 5) is 17.4. The molecule has 3 rings (SSSR count). The fraction of sp³-hybridized carbons (Fsp3) is 0.611. The van der Waals surface area contributed by atoms with Crippen molar-refractivity contribution >= 4 is 21.8 Å². The van der Waals surface area contributed by atoms with Crippen molar-refractivity contribution < 1.29 is 9.53 Å². The molecule has 2 saturated heterocycles. The zero-order chi connectivity index (χ0) is 17.0. The lowest BCUT2D eigenvalue weighted by atomic mass is 9.85. The zero-order valence-electron chi connectivity index (χ0n) is 14.3. The molecule has 1 aromatic rings. The normalized spacial score (nSPS) is 22.2. The molecule has 1 N–H and O–H groups in total. The summed E-state index contributed by atoms with van der Waals surface area (Å²) < 4.78 is 6.45. The van der Waals surface area contributed by atoms with Gasteiger partial charge in [0.15, 0.2) is 0 Å². The van der Waals surface area contributed by atoms with Gasteiger partial charge in [0, 0.05) is 35.2 Å². The molecule has 0 aliphatic carbocycles. The number of likely N-dealkylation sites (tertiary alicyclic amines) is 1. The van der Waals surface area contributed by atoms with Gasteiger partial charge in [-0.1, -0.05) is 22.0 Å². The van der Waals surface area contributed by atoms with E-state index < -0.39 is 0 Å². The predicted octanol–water partition coefficient (Wildman–Crippen LogP) is 1.98. The lowest BCUT2D eigenvalue weighted by Crippen LogP contribution is -2.62. The second-order valence-corrected chi connectivity index (χ2v) is 7.74. The van der Waals surface area contributed by atoms with E-state index in [1.54, 1.807) is 0 Å². The second-order valence-electron chi connectivity index (χ2n) is 6.82. The van der Waals surface area contributed by atoms with Crippen molar-refractivity contribution in [3.63, 3.8) is 0 Å². The number of nitrogens with zero attached hydrogens (tertiary/aromatic N) is 2. The van der Waals surface area contributed by atoms with Gasteiger partial charge in [-0.05, 0) is 51.2 Å². The lowest BCUT2D eigenvalue weighted by molar-refractivity contribution is -0.0439. The van der Waals surface area contributed by atoms with Gasteiger partial charge in [0.1, 0.15) is 0 Å². The highest BCUT2D eigenvalue weighted by atomic mass is 79.9. The van der Waals surface area contributed by atoms with Crippen molar-refractivity contribution in [2.75, 3.05) is 53.0 Å². The van der Waals surface area contributed by atoms with Gasteiger partial charge in [-0.25, -0.2) is 0 Å². The van der Waals surface area contributed by atoms with Crippen LogP contribution in [-0.2, 0) is 4.74 Å². The van der Waals surface area contributed by atoms with Gasteiger partial charge >= 0.3 is 0 Å². The Kier molecular flexibility index (Phi) is 5.92. The standard InChI is InChI=1S/C18H26BrN3O2/c1-21-7-5-18(6-8-21,22-9-11-24-12-10-22)14-20-17(23)15-3-2-4-16(19)13-15/h2-4,13H,5-12,14H2,1H3,(H,20,23). The summed E-state index contributed by atoms with van der Waals surface area (Å²) in [5, 5.41) is 3.19.